The number of amides is 1. The van der Waals surface area contributed by atoms with Crippen LogP contribution in [0.4, 0.5) is 0 Å². The molecule has 0 spiro atoms. The summed E-state index contributed by atoms with van der Waals surface area (Å²) in [5, 5.41) is 5.83. The third-order valence-electron chi connectivity index (χ3n) is 2.80. The summed E-state index contributed by atoms with van der Waals surface area (Å²) in [6.45, 7) is 4.22. The van der Waals surface area contributed by atoms with E-state index in [0.29, 0.717) is 11.5 Å². The highest BCUT2D eigenvalue weighted by molar-refractivity contribution is 7.10. The molecule has 2 heterocycles. The second-order valence-electron chi connectivity index (χ2n) is 4.64. The fourth-order valence-electron chi connectivity index (χ4n) is 1.60. The largest absolute Gasteiger partial charge is 0.350 e. The summed E-state index contributed by atoms with van der Waals surface area (Å²) in [4.78, 5) is 13.1. The first-order valence-electron chi connectivity index (χ1n) is 6.11. The second kappa shape index (κ2) is 5.84. The first-order valence-corrected chi connectivity index (χ1v) is 6.99. The van der Waals surface area contributed by atoms with Gasteiger partial charge in [0, 0.05) is 23.5 Å². The molecule has 2 aromatic rings. The average molecular weight is 275 g/mol. The zero-order valence-electron chi connectivity index (χ0n) is 11.3. The number of aromatic nitrogens is 1. The summed E-state index contributed by atoms with van der Waals surface area (Å²) in [5.74, 6) is 0.270. The van der Waals surface area contributed by atoms with Crippen molar-refractivity contribution in [3.63, 3.8) is 0 Å². The Labute approximate surface area is 116 Å². The van der Waals surface area contributed by atoms with Crippen molar-refractivity contribution in [2.24, 2.45) is 12.1 Å². The van der Waals surface area contributed by atoms with Gasteiger partial charge in [-0.2, -0.15) is 5.10 Å². The monoisotopic (exact) mass is 275 g/mol. The smallest absolute Gasteiger partial charge is 0.272 e. The van der Waals surface area contributed by atoms with Gasteiger partial charge in [0.25, 0.3) is 5.91 Å². The van der Waals surface area contributed by atoms with E-state index in [-0.39, 0.29) is 5.91 Å². The van der Waals surface area contributed by atoms with Crippen LogP contribution in [0.15, 0.2) is 34.9 Å². The van der Waals surface area contributed by atoms with Gasteiger partial charge in [-0.1, -0.05) is 13.8 Å². The quantitative estimate of drug-likeness (QED) is 0.676. The molecule has 0 aliphatic carbocycles. The van der Waals surface area contributed by atoms with E-state index >= 15 is 0 Å². The van der Waals surface area contributed by atoms with E-state index in [1.165, 1.54) is 4.88 Å². The van der Waals surface area contributed by atoms with Crippen LogP contribution in [0.3, 0.4) is 0 Å². The molecular formula is C14H17N3OS. The SMILES string of the molecule is CC(C)c1cc(C(=O)N/N=C\c2cccn2C)cs1. The van der Waals surface area contributed by atoms with Crippen LogP contribution in [-0.4, -0.2) is 16.7 Å². The topological polar surface area (TPSA) is 46.4 Å². The maximum atomic E-state index is 11.9. The van der Waals surface area contributed by atoms with Crippen LogP contribution in [0.2, 0.25) is 0 Å². The Morgan fingerprint density at radius 2 is 2.32 bits per heavy atom. The van der Waals surface area contributed by atoms with Crippen molar-refractivity contribution in [1.29, 1.82) is 0 Å². The van der Waals surface area contributed by atoms with Gasteiger partial charge in [-0.25, -0.2) is 5.43 Å². The van der Waals surface area contributed by atoms with Crippen molar-refractivity contribution >= 4 is 23.5 Å². The standard InChI is InChI=1S/C14H17N3OS/c1-10(2)13-7-11(9-19-13)14(18)16-15-8-12-5-4-6-17(12)3/h4-10H,1-3H3,(H,16,18)/b15-8-. The minimum atomic E-state index is -0.173. The lowest BCUT2D eigenvalue weighted by Crippen LogP contribution is -2.17. The molecule has 0 unspecified atom stereocenters. The van der Waals surface area contributed by atoms with Gasteiger partial charge in [0.15, 0.2) is 0 Å². The zero-order chi connectivity index (χ0) is 13.8. The number of nitrogens with one attached hydrogen (secondary N) is 1. The van der Waals surface area contributed by atoms with Crippen molar-refractivity contribution in [2.75, 3.05) is 0 Å². The van der Waals surface area contributed by atoms with Gasteiger partial charge in [0.2, 0.25) is 0 Å². The van der Waals surface area contributed by atoms with E-state index in [4.69, 9.17) is 0 Å². The average Bonchev–Trinajstić information content (AvgIpc) is 2.98. The van der Waals surface area contributed by atoms with Gasteiger partial charge in [0.05, 0.1) is 17.5 Å². The first kappa shape index (κ1) is 13.5. The molecule has 4 nitrogen and oxygen atoms in total. The second-order valence-corrected chi connectivity index (χ2v) is 5.58. The van der Waals surface area contributed by atoms with Crippen LogP contribution < -0.4 is 5.43 Å². The van der Waals surface area contributed by atoms with Crippen LogP contribution in [0.1, 0.15) is 40.7 Å². The fourth-order valence-corrected chi connectivity index (χ4v) is 2.51. The van der Waals surface area contributed by atoms with Gasteiger partial charge < -0.3 is 4.57 Å². The van der Waals surface area contributed by atoms with Crippen LogP contribution in [0.25, 0.3) is 0 Å². The maximum absolute atomic E-state index is 11.9. The Hall–Kier alpha value is -1.88. The molecule has 0 aromatic carbocycles. The zero-order valence-corrected chi connectivity index (χ0v) is 12.1. The number of hydrogen-bond donors (Lipinski definition) is 1. The molecule has 1 N–H and O–H groups in total. The number of thiophene rings is 1. The van der Waals surface area contributed by atoms with Crippen molar-refractivity contribution in [1.82, 2.24) is 9.99 Å². The molecule has 2 aromatic heterocycles. The molecule has 0 radical (unpaired) electrons. The first-order chi connectivity index (χ1) is 9.08. The molecule has 0 bridgehead atoms. The number of carbonyl (C=O) groups is 1. The van der Waals surface area contributed by atoms with E-state index in [1.54, 1.807) is 17.6 Å². The van der Waals surface area contributed by atoms with E-state index < -0.39 is 0 Å². The summed E-state index contributed by atoms with van der Waals surface area (Å²) >= 11 is 1.60. The van der Waals surface area contributed by atoms with Crippen LogP contribution >= 0.6 is 11.3 Å². The number of hydrazone groups is 1. The van der Waals surface area contributed by atoms with Gasteiger partial charge in [-0.05, 0) is 24.1 Å². The molecule has 19 heavy (non-hydrogen) atoms. The van der Waals surface area contributed by atoms with Crippen LogP contribution in [-0.2, 0) is 7.05 Å². The molecule has 0 saturated carbocycles. The van der Waals surface area contributed by atoms with Crippen molar-refractivity contribution in [3.05, 3.63) is 45.9 Å². The van der Waals surface area contributed by atoms with Gasteiger partial charge in [-0.15, -0.1) is 11.3 Å². The Morgan fingerprint density at radius 1 is 1.53 bits per heavy atom. The molecule has 100 valence electrons. The number of rotatable bonds is 4. The van der Waals surface area contributed by atoms with E-state index in [2.05, 4.69) is 24.4 Å². The van der Waals surface area contributed by atoms with E-state index in [0.717, 1.165) is 5.69 Å². The molecule has 0 atom stereocenters. The highest BCUT2D eigenvalue weighted by Crippen LogP contribution is 2.22. The number of nitrogens with zero attached hydrogens (tertiary/aromatic N) is 2. The molecule has 2 rings (SSSR count). The van der Waals surface area contributed by atoms with Gasteiger partial charge >= 0.3 is 0 Å². The van der Waals surface area contributed by atoms with Gasteiger partial charge in [-0.3, -0.25) is 4.79 Å². The lowest BCUT2D eigenvalue weighted by atomic mass is 10.1. The van der Waals surface area contributed by atoms with E-state index in [9.17, 15) is 4.79 Å². The van der Waals surface area contributed by atoms with Crippen LogP contribution in [0, 0.1) is 0 Å². The molecular weight excluding hydrogens is 258 g/mol. The summed E-state index contributed by atoms with van der Waals surface area (Å²) < 4.78 is 1.93. The number of hydrogen-bond acceptors (Lipinski definition) is 3. The third kappa shape index (κ3) is 3.32. The number of aryl methyl sites for hydroxylation is 1. The van der Waals surface area contributed by atoms with Crippen molar-refractivity contribution < 1.29 is 4.79 Å². The summed E-state index contributed by atoms with van der Waals surface area (Å²) in [7, 11) is 1.93. The number of carbonyl (C=O) groups excluding carboxylic acids is 1. The highest BCUT2D eigenvalue weighted by atomic mass is 32.1. The molecule has 5 heteroatoms. The molecule has 0 aliphatic heterocycles. The summed E-state index contributed by atoms with van der Waals surface area (Å²) in [5.41, 5.74) is 4.14. The highest BCUT2D eigenvalue weighted by Gasteiger charge is 2.09. The van der Waals surface area contributed by atoms with Gasteiger partial charge in [0.1, 0.15) is 0 Å². The third-order valence-corrected chi connectivity index (χ3v) is 4.03. The van der Waals surface area contributed by atoms with E-state index in [1.807, 2.05) is 41.4 Å². The molecule has 0 aliphatic rings. The predicted octanol–water partition coefficient (Wildman–Crippen LogP) is 2.97. The summed E-state index contributed by atoms with van der Waals surface area (Å²) in [6, 6.07) is 5.77. The molecule has 1 amide bonds. The normalized spacial score (nSPS) is 11.4. The molecule has 0 fully saturated rings. The fraction of sp³-hybridized carbons (Fsp3) is 0.286. The Kier molecular flexibility index (Phi) is 4.16. The minimum absolute atomic E-state index is 0.173. The van der Waals surface area contributed by atoms with Crippen LogP contribution in [0.5, 0.6) is 0 Å². The minimum Gasteiger partial charge on any atom is -0.350 e. The van der Waals surface area contributed by atoms with Crippen molar-refractivity contribution in [2.45, 2.75) is 19.8 Å². The lowest BCUT2D eigenvalue weighted by Gasteiger charge is -1.98. The molecule has 0 saturated heterocycles. The Morgan fingerprint density at radius 3 is 2.89 bits per heavy atom. The van der Waals surface area contributed by atoms with Crippen molar-refractivity contribution in [3.8, 4) is 0 Å². The summed E-state index contributed by atoms with van der Waals surface area (Å²) in [6.07, 6.45) is 3.56. The predicted molar refractivity (Wildman–Crippen MR) is 78.9 cm³/mol. The Bertz CT molecular complexity index is 595. The maximum Gasteiger partial charge on any atom is 0.272 e. The Balaban J connectivity index is 1.97. The lowest BCUT2D eigenvalue weighted by molar-refractivity contribution is 0.0955.